The highest BCUT2D eigenvalue weighted by molar-refractivity contribution is 7.87. The lowest BCUT2D eigenvalue weighted by molar-refractivity contribution is -0.137. The molecule has 3 aromatic carbocycles. The summed E-state index contributed by atoms with van der Waals surface area (Å²) in [6.45, 7) is 1.89. The lowest BCUT2D eigenvalue weighted by Crippen LogP contribution is -2.20. The van der Waals surface area contributed by atoms with E-state index in [0.717, 1.165) is 23.3 Å². The topological polar surface area (TPSA) is 84.8 Å². The molecule has 1 N–H and O–H groups in total. The van der Waals surface area contributed by atoms with Crippen LogP contribution in [0.1, 0.15) is 22.3 Å². The third-order valence-electron chi connectivity index (χ3n) is 4.59. The van der Waals surface area contributed by atoms with Crippen molar-refractivity contribution in [2.75, 3.05) is 0 Å². The molecule has 1 amide bonds. The smallest absolute Gasteiger partial charge is 0.378 e. The summed E-state index contributed by atoms with van der Waals surface area (Å²) in [6, 6.07) is 16.4. The van der Waals surface area contributed by atoms with Crippen molar-refractivity contribution in [1.29, 1.82) is 0 Å². The number of hydrazone groups is 1. The molecule has 0 spiro atoms. The van der Waals surface area contributed by atoms with E-state index < -0.39 is 26.8 Å². The summed E-state index contributed by atoms with van der Waals surface area (Å²) in [6.07, 6.45) is -3.26. The molecular weight excluding hydrogens is 457 g/mol. The quantitative estimate of drug-likeness (QED) is 0.310. The molecule has 172 valence electrons. The van der Waals surface area contributed by atoms with Crippen LogP contribution in [0, 0.1) is 6.92 Å². The molecule has 0 heterocycles. The van der Waals surface area contributed by atoms with Crippen molar-refractivity contribution >= 4 is 22.2 Å². The van der Waals surface area contributed by atoms with E-state index in [1.54, 1.807) is 6.07 Å². The highest BCUT2D eigenvalue weighted by Crippen LogP contribution is 2.30. The van der Waals surface area contributed by atoms with E-state index in [-0.39, 0.29) is 23.6 Å². The van der Waals surface area contributed by atoms with Crippen LogP contribution >= 0.6 is 0 Å². The number of carbonyl (C=O) groups is 1. The van der Waals surface area contributed by atoms with E-state index in [1.165, 1.54) is 24.4 Å². The van der Waals surface area contributed by atoms with E-state index in [1.807, 2.05) is 31.2 Å². The Kier molecular flexibility index (Phi) is 7.17. The fraction of sp³-hybridized carbons (Fsp3) is 0.130. The molecule has 3 rings (SSSR count). The normalized spacial score (nSPS) is 12.0. The Morgan fingerprint density at radius 1 is 1.00 bits per heavy atom. The number of halogens is 3. The number of alkyl halides is 3. The van der Waals surface area contributed by atoms with Crippen LogP contribution in [-0.2, 0) is 27.5 Å². The van der Waals surface area contributed by atoms with Gasteiger partial charge < -0.3 is 4.18 Å². The highest BCUT2D eigenvalue weighted by atomic mass is 32.2. The van der Waals surface area contributed by atoms with Crippen LogP contribution in [0.3, 0.4) is 0 Å². The summed E-state index contributed by atoms with van der Waals surface area (Å²) < 4.78 is 68.3. The van der Waals surface area contributed by atoms with Crippen LogP contribution in [0.5, 0.6) is 5.75 Å². The standard InChI is InChI=1S/C23H19F3N2O4S/c1-16-6-2-3-7-17(16)14-22(29)28-27-15-18-8-4-5-9-21(18)32-33(30,31)20-12-10-19(11-13-20)23(24,25)26/h2-13,15H,14H2,1H3,(H,28,29). The van der Waals surface area contributed by atoms with Gasteiger partial charge in [0.2, 0.25) is 5.91 Å². The predicted octanol–water partition coefficient (Wildman–Crippen LogP) is 4.47. The summed E-state index contributed by atoms with van der Waals surface area (Å²) in [5.41, 5.74) is 3.44. The first-order valence-electron chi connectivity index (χ1n) is 9.63. The van der Waals surface area contributed by atoms with Gasteiger partial charge in [-0.25, -0.2) is 5.43 Å². The average Bonchev–Trinajstić information content (AvgIpc) is 2.76. The van der Waals surface area contributed by atoms with Crippen molar-refractivity contribution < 1.29 is 30.6 Å². The van der Waals surface area contributed by atoms with Gasteiger partial charge >= 0.3 is 16.3 Å². The molecule has 33 heavy (non-hydrogen) atoms. The zero-order valence-corrected chi connectivity index (χ0v) is 18.2. The van der Waals surface area contributed by atoms with E-state index in [2.05, 4.69) is 10.5 Å². The molecule has 10 heteroatoms. The number of rotatable bonds is 7. The SMILES string of the molecule is Cc1ccccc1CC(=O)NN=Cc1ccccc1OS(=O)(=O)c1ccc(C(F)(F)F)cc1. The van der Waals surface area contributed by atoms with Gasteiger partial charge in [0.15, 0.2) is 5.75 Å². The van der Waals surface area contributed by atoms with Gasteiger partial charge in [0, 0.05) is 5.56 Å². The first-order chi connectivity index (χ1) is 15.6. The molecule has 0 bridgehead atoms. The molecule has 0 unspecified atom stereocenters. The van der Waals surface area contributed by atoms with Gasteiger partial charge in [-0.15, -0.1) is 0 Å². The Balaban J connectivity index is 1.71. The van der Waals surface area contributed by atoms with Crippen LogP contribution in [-0.4, -0.2) is 20.5 Å². The van der Waals surface area contributed by atoms with Crippen molar-refractivity contribution in [2.24, 2.45) is 5.10 Å². The minimum absolute atomic E-state index is 0.102. The van der Waals surface area contributed by atoms with Crippen molar-refractivity contribution in [1.82, 2.24) is 5.43 Å². The summed E-state index contributed by atoms with van der Waals surface area (Å²) in [5.74, 6) is -0.467. The molecule has 0 radical (unpaired) electrons. The number of benzene rings is 3. The summed E-state index contributed by atoms with van der Waals surface area (Å²) in [5, 5.41) is 3.85. The van der Waals surface area contributed by atoms with Gasteiger partial charge in [0.25, 0.3) is 0 Å². The Bertz CT molecular complexity index is 1270. The van der Waals surface area contributed by atoms with Gasteiger partial charge in [-0.3, -0.25) is 4.79 Å². The Morgan fingerprint density at radius 3 is 2.30 bits per heavy atom. The lowest BCUT2D eigenvalue weighted by atomic mass is 10.1. The second kappa shape index (κ2) is 9.86. The number of hydrogen-bond acceptors (Lipinski definition) is 5. The predicted molar refractivity (Wildman–Crippen MR) is 116 cm³/mol. The van der Waals surface area contributed by atoms with Crippen molar-refractivity contribution in [2.45, 2.75) is 24.4 Å². The van der Waals surface area contributed by atoms with E-state index in [9.17, 15) is 26.4 Å². The first-order valence-corrected chi connectivity index (χ1v) is 11.0. The fourth-order valence-electron chi connectivity index (χ4n) is 2.83. The Hall–Kier alpha value is -3.66. The molecule has 0 aliphatic carbocycles. The number of nitrogens with one attached hydrogen (secondary N) is 1. The fourth-order valence-corrected chi connectivity index (χ4v) is 3.79. The molecular formula is C23H19F3N2O4S. The molecule has 0 aliphatic rings. The van der Waals surface area contributed by atoms with Crippen LogP contribution in [0.4, 0.5) is 13.2 Å². The maximum Gasteiger partial charge on any atom is 0.416 e. The molecule has 0 saturated carbocycles. The van der Waals surface area contributed by atoms with Crippen molar-refractivity contribution in [3.05, 3.63) is 95.1 Å². The second-order valence-electron chi connectivity index (χ2n) is 6.99. The zero-order chi connectivity index (χ0) is 24.1. The third kappa shape index (κ3) is 6.42. The minimum Gasteiger partial charge on any atom is -0.378 e. The maximum atomic E-state index is 12.7. The van der Waals surface area contributed by atoms with Crippen LogP contribution in [0.25, 0.3) is 0 Å². The zero-order valence-electron chi connectivity index (χ0n) is 17.3. The van der Waals surface area contributed by atoms with Crippen molar-refractivity contribution in [3.63, 3.8) is 0 Å². The summed E-state index contributed by atoms with van der Waals surface area (Å²) in [4.78, 5) is 11.7. The molecule has 6 nitrogen and oxygen atoms in total. The number of aryl methyl sites for hydroxylation is 1. The number of amides is 1. The summed E-state index contributed by atoms with van der Waals surface area (Å²) in [7, 11) is -4.40. The van der Waals surface area contributed by atoms with Gasteiger partial charge in [-0.2, -0.15) is 26.7 Å². The monoisotopic (exact) mass is 476 g/mol. The molecule has 0 fully saturated rings. The van der Waals surface area contributed by atoms with Crippen molar-refractivity contribution in [3.8, 4) is 5.75 Å². The number of hydrogen-bond donors (Lipinski definition) is 1. The number of para-hydroxylation sites is 1. The van der Waals surface area contributed by atoms with Crippen LogP contribution in [0.2, 0.25) is 0 Å². The van der Waals surface area contributed by atoms with E-state index >= 15 is 0 Å². The highest BCUT2D eigenvalue weighted by Gasteiger charge is 2.31. The largest absolute Gasteiger partial charge is 0.416 e. The maximum absolute atomic E-state index is 12.7. The number of nitrogens with zero attached hydrogens (tertiary/aromatic N) is 1. The van der Waals surface area contributed by atoms with Gasteiger partial charge in [-0.1, -0.05) is 36.4 Å². The van der Waals surface area contributed by atoms with Gasteiger partial charge in [0.05, 0.1) is 18.2 Å². The molecule has 3 aromatic rings. The van der Waals surface area contributed by atoms with Gasteiger partial charge in [-0.05, 0) is 54.4 Å². The molecule has 0 aromatic heterocycles. The van der Waals surface area contributed by atoms with E-state index in [0.29, 0.717) is 12.1 Å². The summed E-state index contributed by atoms with van der Waals surface area (Å²) >= 11 is 0. The van der Waals surface area contributed by atoms with Gasteiger partial charge in [0.1, 0.15) is 4.90 Å². The van der Waals surface area contributed by atoms with Crippen LogP contribution in [0.15, 0.2) is 82.8 Å². The first kappa shape index (κ1) is 24.0. The number of carbonyl (C=O) groups excluding carboxylic acids is 1. The van der Waals surface area contributed by atoms with Crippen LogP contribution < -0.4 is 9.61 Å². The average molecular weight is 476 g/mol. The second-order valence-corrected chi connectivity index (χ2v) is 8.54. The lowest BCUT2D eigenvalue weighted by Gasteiger charge is -2.11. The minimum atomic E-state index is -4.59. The Labute approximate surface area is 188 Å². The Morgan fingerprint density at radius 2 is 1.64 bits per heavy atom. The molecule has 0 saturated heterocycles. The van der Waals surface area contributed by atoms with E-state index in [4.69, 9.17) is 4.18 Å². The molecule has 0 aliphatic heterocycles. The third-order valence-corrected chi connectivity index (χ3v) is 5.84. The molecule has 0 atom stereocenters.